The largest absolute Gasteiger partial charge is 0.357 e. The number of halogens is 1. The Bertz CT molecular complexity index is 579. The molecule has 1 aromatic carbocycles. The number of hydrogen-bond donors (Lipinski definition) is 1. The fourth-order valence-electron chi connectivity index (χ4n) is 2.12. The zero-order chi connectivity index (χ0) is 15.2. The second-order valence-corrected chi connectivity index (χ2v) is 5.28. The fourth-order valence-corrected chi connectivity index (χ4v) is 2.25. The van der Waals surface area contributed by atoms with Crippen LogP contribution in [-0.4, -0.2) is 23.1 Å². The van der Waals surface area contributed by atoms with E-state index >= 15 is 0 Å². The fraction of sp³-hybridized carbons (Fsp3) is 0.375. The van der Waals surface area contributed by atoms with Crippen LogP contribution in [0.3, 0.4) is 0 Å². The number of aryl methyl sites for hydroxylation is 1. The van der Waals surface area contributed by atoms with Crippen molar-refractivity contribution >= 4 is 23.4 Å². The van der Waals surface area contributed by atoms with Gasteiger partial charge in [0.05, 0.1) is 0 Å². The highest BCUT2D eigenvalue weighted by atomic mass is 35.5. The molecular formula is C16H21ClN4. The van der Waals surface area contributed by atoms with Gasteiger partial charge in [-0.3, -0.25) is 0 Å². The van der Waals surface area contributed by atoms with E-state index in [1.807, 2.05) is 37.3 Å². The third-order valence-corrected chi connectivity index (χ3v) is 3.54. The molecule has 1 N–H and O–H groups in total. The van der Waals surface area contributed by atoms with Gasteiger partial charge in [0.1, 0.15) is 5.82 Å². The minimum absolute atomic E-state index is 0.659. The summed E-state index contributed by atoms with van der Waals surface area (Å²) in [4.78, 5) is 11.2. The molecule has 0 aliphatic carbocycles. The van der Waals surface area contributed by atoms with Crippen LogP contribution in [0.2, 0.25) is 5.02 Å². The summed E-state index contributed by atoms with van der Waals surface area (Å²) in [6, 6.07) is 9.78. The van der Waals surface area contributed by atoms with E-state index in [9.17, 15) is 0 Å². The van der Waals surface area contributed by atoms with E-state index in [2.05, 4.69) is 34.0 Å². The normalized spacial score (nSPS) is 10.5. The smallest absolute Gasteiger partial charge is 0.225 e. The van der Waals surface area contributed by atoms with Gasteiger partial charge in [0.2, 0.25) is 5.95 Å². The average Bonchev–Trinajstić information content (AvgIpc) is 2.47. The van der Waals surface area contributed by atoms with Crippen molar-refractivity contribution in [3.8, 4) is 0 Å². The molecule has 21 heavy (non-hydrogen) atoms. The first-order valence-corrected chi connectivity index (χ1v) is 7.59. The van der Waals surface area contributed by atoms with Gasteiger partial charge in [0.25, 0.3) is 0 Å². The number of hydrogen-bond acceptors (Lipinski definition) is 4. The van der Waals surface area contributed by atoms with Gasteiger partial charge in [0.15, 0.2) is 0 Å². The number of nitrogens with one attached hydrogen (secondary N) is 1. The van der Waals surface area contributed by atoms with Crippen LogP contribution in [0.1, 0.15) is 25.1 Å². The Kier molecular flexibility index (Phi) is 5.39. The summed E-state index contributed by atoms with van der Waals surface area (Å²) < 4.78 is 0. The van der Waals surface area contributed by atoms with Crippen LogP contribution in [0.25, 0.3) is 0 Å². The van der Waals surface area contributed by atoms with Crippen molar-refractivity contribution < 1.29 is 0 Å². The number of benzene rings is 1. The molecule has 2 aromatic rings. The van der Waals surface area contributed by atoms with Crippen LogP contribution in [0, 0.1) is 6.92 Å². The van der Waals surface area contributed by atoms with Crippen LogP contribution in [0.15, 0.2) is 30.3 Å². The van der Waals surface area contributed by atoms with Crippen LogP contribution in [0.5, 0.6) is 0 Å². The van der Waals surface area contributed by atoms with Gasteiger partial charge in [0, 0.05) is 36.4 Å². The van der Waals surface area contributed by atoms with Crippen molar-refractivity contribution in [1.29, 1.82) is 0 Å². The quantitative estimate of drug-likeness (QED) is 0.879. The number of nitrogens with zero attached hydrogens (tertiary/aromatic N) is 3. The minimum atomic E-state index is 0.659. The van der Waals surface area contributed by atoms with Crippen LogP contribution < -0.4 is 10.2 Å². The summed E-state index contributed by atoms with van der Waals surface area (Å²) in [7, 11) is 0. The van der Waals surface area contributed by atoms with Crippen molar-refractivity contribution in [1.82, 2.24) is 9.97 Å². The maximum atomic E-state index is 5.89. The average molecular weight is 305 g/mol. The highest BCUT2D eigenvalue weighted by Gasteiger charge is 2.07. The molecule has 0 bridgehead atoms. The first-order chi connectivity index (χ1) is 10.1. The maximum Gasteiger partial charge on any atom is 0.225 e. The number of anilines is 2. The lowest BCUT2D eigenvalue weighted by Crippen LogP contribution is -2.23. The van der Waals surface area contributed by atoms with E-state index in [0.29, 0.717) is 12.5 Å². The first-order valence-electron chi connectivity index (χ1n) is 7.21. The van der Waals surface area contributed by atoms with Crippen molar-refractivity contribution in [2.75, 3.05) is 23.3 Å². The van der Waals surface area contributed by atoms with Gasteiger partial charge in [-0.15, -0.1) is 0 Å². The van der Waals surface area contributed by atoms with Gasteiger partial charge in [-0.1, -0.05) is 23.7 Å². The zero-order valence-corrected chi connectivity index (χ0v) is 13.5. The molecule has 0 radical (unpaired) electrons. The third-order valence-electron chi connectivity index (χ3n) is 3.29. The Labute approximate surface area is 131 Å². The van der Waals surface area contributed by atoms with E-state index in [1.165, 1.54) is 0 Å². The summed E-state index contributed by atoms with van der Waals surface area (Å²) in [5.74, 6) is 1.62. The van der Waals surface area contributed by atoms with E-state index in [0.717, 1.165) is 35.2 Å². The second-order valence-electron chi connectivity index (χ2n) is 4.84. The molecule has 4 nitrogen and oxygen atoms in total. The predicted octanol–water partition coefficient (Wildman–Crippen LogP) is 3.90. The van der Waals surface area contributed by atoms with Crippen LogP contribution in [0.4, 0.5) is 11.8 Å². The van der Waals surface area contributed by atoms with E-state index in [-0.39, 0.29) is 0 Å². The molecule has 0 saturated carbocycles. The SMILES string of the molecule is CCN(CC)c1cc(C)nc(NCc2ccc(Cl)cc2)n1. The van der Waals surface area contributed by atoms with Gasteiger partial charge in [-0.25, -0.2) is 4.98 Å². The Morgan fingerprint density at radius 3 is 2.38 bits per heavy atom. The number of rotatable bonds is 6. The minimum Gasteiger partial charge on any atom is -0.357 e. The summed E-state index contributed by atoms with van der Waals surface area (Å²) in [6.07, 6.45) is 0. The molecular weight excluding hydrogens is 284 g/mol. The zero-order valence-electron chi connectivity index (χ0n) is 12.7. The van der Waals surface area contributed by atoms with E-state index < -0.39 is 0 Å². The lowest BCUT2D eigenvalue weighted by molar-refractivity contribution is 0.838. The lowest BCUT2D eigenvalue weighted by atomic mass is 10.2. The van der Waals surface area contributed by atoms with E-state index in [1.54, 1.807) is 0 Å². The van der Waals surface area contributed by atoms with Gasteiger partial charge < -0.3 is 10.2 Å². The van der Waals surface area contributed by atoms with Gasteiger partial charge in [-0.2, -0.15) is 4.98 Å². The van der Waals surface area contributed by atoms with Crippen LogP contribution in [-0.2, 0) is 6.54 Å². The van der Waals surface area contributed by atoms with Crippen molar-refractivity contribution in [3.63, 3.8) is 0 Å². The van der Waals surface area contributed by atoms with Crippen LogP contribution >= 0.6 is 11.6 Å². The lowest BCUT2D eigenvalue weighted by Gasteiger charge is -2.20. The molecule has 0 spiro atoms. The molecule has 0 amide bonds. The molecule has 0 saturated heterocycles. The summed E-state index contributed by atoms with van der Waals surface area (Å²) in [6.45, 7) is 8.79. The Hall–Kier alpha value is -1.81. The Morgan fingerprint density at radius 2 is 1.76 bits per heavy atom. The van der Waals surface area contributed by atoms with Gasteiger partial charge >= 0.3 is 0 Å². The molecule has 0 atom stereocenters. The summed E-state index contributed by atoms with van der Waals surface area (Å²) >= 11 is 5.89. The van der Waals surface area contributed by atoms with Gasteiger partial charge in [-0.05, 0) is 38.5 Å². The topological polar surface area (TPSA) is 41.1 Å². The van der Waals surface area contributed by atoms with E-state index in [4.69, 9.17) is 11.6 Å². The predicted molar refractivity (Wildman–Crippen MR) is 89.1 cm³/mol. The van der Waals surface area contributed by atoms with Crippen molar-refractivity contribution in [2.24, 2.45) is 0 Å². The Morgan fingerprint density at radius 1 is 1.10 bits per heavy atom. The molecule has 0 aliphatic rings. The molecule has 0 aliphatic heterocycles. The number of aromatic nitrogens is 2. The second kappa shape index (κ2) is 7.27. The standard InChI is InChI=1S/C16H21ClN4/c1-4-21(5-2)15-10-12(3)19-16(20-15)18-11-13-6-8-14(17)9-7-13/h6-10H,4-5,11H2,1-3H3,(H,18,19,20). The molecule has 112 valence electrons. The molecule has 0 fully saturated rings. The first kappa shape index (κ1) is 15.6. The summed E-state index contributed by atoms with van der Waals surface area (Å²) in [5.41, 5.74) is 2.11. The van der Waals surface area contributed by atoms with Crippen molar-refractivity contribution in [3.05, 3.63) is 46.6 Å². The highest BCUT2D eigenvalue weighted by Crippen LogP contribution is 2.15. The highest BCUT2D eigenvalue weighted by molar-refractivity contribution is 6.30. The van der Waals surface area contributed by atoms with Crippen molar-refractivity contribution in [2.45, 2.75) is 27.3 Å². The molecule has 0 unspecified atom stereocenters. The molecule has 5 heteroatoms. The molecule has 1 heterocycles. The molecule has 1 aromatic heterocycles. The third kappa shape index (κ3) is 4.33. The monoisotopic (exact) mass is 304 g/mol. The maximum absolute atomic E-state index is 5.89. The summed E-state index contributed by atoms with van der Waals surface area (Å²) in [5, 5.41) is 4.02. The molecule has 2 rings (SSSR count). The Balaban J connectivity index is 2.10.